The summed E-state index contributed by atoms with van der Waals surface area (Å²) in [5, 5.41) is 21.7. The van der Waals surface area contributed by atoms with E-state index in [2.05, 4.69) is 40.1 Å². The Labute approximate surface area is 368 Å². The Kier molecular flexibility index (Phi) is 29.9. The molecule has 0 unspecified atom stereocenters. The highest BCUT2D eigenvalue weighted by Crippen LogP contribution is 2.19. The fraction of sp³-hybridized carbons (Fsp3) is 0.705. The number of nitrogens with one attached hydrogen (secondary N) is 4. The van der Waals surface area contributed by atoms with Gasteiger partial charge in [0.2, 0.25) is 17.7 Å². The summed E-state index contributed by atoms with van der Waals surface area (Å²) in [6.45, 7) is 11.4. The van der Waals surface area contributed by atoms with E-state index in [0.717, 1.165) is 12.1 Å². The quantitative estimate of drug-likeness (QED) is 0.0260. The van der Waals surface area contributed by atoms with Crippen molar-refractivity contribution in [3.05, 3.63) is 35.9 Å². The van der Waals surface area contributed by atoms with Crippen molar-refractivity contribution in [2.24, 2.45) is 39.9 Å². The molecule has 0 bridgehead atoms. The predicted molar refractivity (Wildman–Crippen MR) is 238 cm³/mol. The van der Waals surface area contributed by atoms with Crippen LogP contribution >= 0.6 is 0 Å². The summed E-state index contributed by atoms with van der Waals surface area (Å²) in [5.74, 6) is -5.51. The van der Waals surface area contributed by atoms with Gasteiger partial charge in [0, 0.05) is 44.3 Å². The van der Waals surface area contributed by atoms with Crippen molar-refractivity contribution in [1.29, 1.82) is 0 Å². The summed E-state index contributed by atoms with van der Waals surface area (Å²) in [5.41, 5.74) is 17.5. The van der Waals surface area contributed by atoms with E-state index in [1.165, 1.54) is 0 Å². The molecular weight excluding hydrogens is 801 g/mol. The first-order chi connectivity index (χ1) is 29.6. The Bertz CT molecular complexity index is 1490. The Balaban J connectivity index is 3.00. The van der Waals surface area contributed by atoms with Crippen molar-refractivity contribution < 1.29 is 48.1 Å². The number of carbonyl (C=O) groups excluding carboxylic acids is 6. The van der Waals surface area contributed by atoms with E-state index in [1.54, 1.807) is 20.8 Å². The zero-order chi connectivity index (χ0) is 46.3. The second kappa shape index (κ2) is 33.3. The van der Waals surface area contributed by atoms with Crippen LogP contribution in [0.15, 0.2) is 35.3 Å². The Morgan fingerprint density at radius 2 is 1.35 bits per heavy atom. The fourth-order valence-electron chi connectivity index (χ4n) is 6.45. The molecule has 0 fully saturated rings. The molecule has 1 aromatic carbocycles. The molecule has 62 heavy (non-hydrogen) atoms. The van der Waals surface area contributed by atoms with Crippen LogP contribution < -0.4 is 38.5 Å². The van der Waals surface area contributed by atoms with Gasteiger partial charge in [-0.05, 0) is 56.6 Å². The molecule has 1 aromatic rings. The minimum atomic E-state index is -1.18. The number of rotatable bonds is 37. The van der Waals surface area contributed by atoms with Gasteiger partial charge in [0.1, 0.15) is 6.61 Å². The number of nitrogens with zero attached hydrogens (tertiary/aromatic N) is 1. The van der Waals surface area contributed by atoms with E-state index < -0.39 is 72.4 Å². The van der Waals surface area contributed by atoms with Crippen LogP contribution in [-0.2, 0) is 49.4 Å². The lowest BCUT2D eigenvalue weighted by molar-refractivity contribution is -0.136. The molecule has 0 aliphatic rings. The number of ether oxygens (including phenoxy) is 3. The van der Waals surface area contributed by atoms with E-state index in [-0.39, 0.29) is 76.0 Å². The first-order valence-corrected chi connectivity index (χ1v) is 22.0. The summed E-state index contributed by atoms with van der Waals surface area (Å²) in [6.07, 6.45) is 1.70. The first kappa shape index (κ1) is 55.7. The normalized spacial score (nSPS) is 13.8. The number of guanidine groups is 1. The smallest absolute Gasteiger partial charge is 0.246 e. The third kappa shape index (κ3) is 24.9. The maximum absolute atomic E-state index is 14.0. The van der Waals surface area contributed by atoms with Crippen molar-refractivity contribution in [1.82, 2.24) is 21.3 Å². The average Bonchev–Trinajstić information content (AvgIpc) is 3.23. The minimum absolute atomic E-state index is 0.128. The summed E-state index contributed by atoms with van der Waals surface area (Å²) in [6, 6.07) is 6.70. The number of ketones is 3. The molecule has 18 heteroatoms. The van der Waals surface area contributed by atoms with Gasteiger partial charge in [0.15, 0.2) is 23.3 Å². The SMILES string of the molecule is CCC(=O)[C@H](Cc1ccccc1)NC(=O)[C@H](CO)CC(=O)[C@@H](NC(=O)[C@H](CCCN=C(N)N)CC(=O)[C@H](CCCCN)NC(=O)COCCOCCOCCNC(C)C)C(C)C. The highest BCUT2D eigenvalue weighted by molar-refractivity contribution is 5.96. The van der Waals surface area contributed by atoms with Gasteiger partial charge in [0.05, 0.1) is 63.7 Å². The van der Waals surface area contributed by atoms with Crippen molar-refractivity contribution in [3.63, 3.8) is 0 Å². The zero-order valence-corrected chi connectivity index (χ0v) is 37.7. The van der Waals surface area contributed by atoms with Crippen molar-refractivity contribution in [2.45, 2.75) is 117 Å². The summed E-state index contributed by atoms with van der Waals surface area (Å²) in [7, 11) is 0. The van der Waals surface area contributed by atoms with Crippen LogP contribution in [0.1, 0.15) is 91.5 Å². The molecule has 1 rings (SSSR count). The van der Waals surface area contributed by atoms with Gasteiger partial charge in [-0.25, -0.2) is 0 Å². The van der Waals surface area contributed by atoms with Crippen LogP contribution in [0.25, 0.3) is 0 Å². The van der Waals surface area contributed by atoms with Crippen LogP contribution in [0.4, 0.5) is 0 Å². The number of hydrogen-bond donors (Lipinski definition) is 8. The number of aliphatic hydroxyl groups excluding tert-OH is 1. The van der Waals surface area contributed by atoms with Gasteiger partial charge in [-0.15, -0.1) is 0 Å². The van der Waals surface area contributed by atoms with Gasteiger partial charge >= 0.3 is 0 Å². The Hall–Kier alpha value is -4.33. The number of benzene rings is 1. The second-order valence-corrected chi connectivity index (χ2v) is 16.0. The summed E-state index contributed by atoms with van der Waals surface area (Å²) in [4.78, 5) is 84.7. The van der Waals surface area contributed by atoms with Gasteiger partial charge in [-0.3, -0.25) is 33.8 Å². The number of Topliss-reactive ketones (excluding diaryl/α,β-unsaturated/α-hetero) is 3. The standard InChI is InChI=1S/C44H76N8O10/c1-6-37(54)36(25-32-13-8-7-9-14-32)51-43(59)34(28-53)27-39(56)41(30(2)3)52-42(58)33(15-12-18-49-44(46)47)26-38(55)35(16-10-11-17-45)50-40(57)29-62-24-23-61-22-21-60-20-19-48-31(4)5/h7-9,13-14,30-31,33-36,41,48,53H,6,10-12,15-29,45H2,1-5H3,(H,50,57)(H,51,59)(H,52,58)(H4,46,47,49)/t33-,34+,35+,36+,41+/m1/s1. The molecule has 0 saturated heterocycles. The van der Waals surface area contributed by atoms with E-state index in [4.69, 9.17) is 31.4 Å². The van der Waals surface area contributed by atoms with Gasteiger partial charge in [-0.1, -0.05) is 65.0 Å². The van der Waals surface area contributed by atoms with E-state index in [1.807, 2.05) is 30.3 Å². The highest BCUT2D eigenvalue weighted by atomic mass is 16.5. The summed E-state index contributed by atoms with van der Waals surface area (Å²) < 4.78 is 16.5. The van der Waals surface area contributed by atoms with Crippen molar-refractivity contribution >= 4 is 41.0 Å². The molecule has 0 radical (unpaired) electrons. The van der Waals surface area contributed by atoms with E-state index in [9.17, 15) is 33.9 Å². The van der Waals surface area contributed by atoms with Crippen LogP contribution in [-0.4, -0.2) is 136 Å². The number of carbonyl (C=O) groups is 6. The topological polar surface area (TPSA) is 289 Å². The molecule has 0 spiro atoms. The zero-order valence-electron chi connectivity index (χ0n) is 37.7. The molecule has 11 N–H and O–H groups in total. The van der Waals surface area contributed by atoms with Crippen LogP contribution in [0.3, 0.4) is 0 Å². The summed E-state index contributed by atoms with van der Waals surface area (Å²) >= 11 is 0. The van der Waals surface area contributed by atoms with Crippen molar-refractivity contribution in [3.8, 4) is 0 Å². The fourth-order valence-corrected chi connectivity index (χ4v) is 6.45. The number of aliphatic hydroxyl groups is 1. The molecule has 5 atom stereocenters. The predicted octanol–water partition coefficient (Wildman–Crippen LogP) is 0.692. The van der Waals surface area contributed by atoms with Gasteiger partial charge in [0.25, 0.3) is 0 Å². The number of hydrogen-bond acceptors (Lipinski definition) is 13. The Morgan fingerprint density at radius 1 is 0.726 bits per heavy atom. The molecule has 18 nitrogen and oxygen atoms in total. The number of aliphatic imine (C=N–C) groups is 1. The molecule has 0 saturated carbocycles. The number of amides is 3. The lowest BCUT2D eigenvalue weighted by Crippen LogP contribution is -2.50. The highest BCUT2D eigenvalue weighted by Gasteiger charge is 2.34. The lowest BCUT2D eigenvalue weighted by Gasteiger charge is -2.27. The first-order valence-electron chi connectivity index (χ1n) is 22.0. The molecular formula is C44H76N8O10. The number of unbranched alkanes of at least 4 members (excludes halogenated alkanes) is 1. The van der Waals surface area contributed by atoms with E-state index >= 15 is 0 Å². The maximum Gasteiger partial charge on any atom is 0.246 e. The number of nitrogens with two attached hydrogens (primary N) is 3. The maximum atomic E-state index is 14.0. The molecule has 0 aromatic heterocycles. The molecule has 0 aliphatic carbocycles. The lowest BCUT2D eigenvalue weighted by atomic mass is 9.89. The monoisotopic (exact) mass is 877 g/mol. The average molecular weight is 877 g/mol. The molecule has 3 amide bonds. The third-order valence-corrected chi connectivity index (χ3v) is 9.96. The van der Waals surface area contributed by atoms with Crippen LogP contribution in [0.5, 0.6) is 0 Å². The third-order valence-electron chi connectivity index (χ3n) is 9.96. The van der Waals surface area contributed by atoms with Gasteiger partial charge in [-0.2, -0.15) is 0 Å². The minimum Gasteiger partial charge on any atom is -0.396 e. The van der Waals surface area contributed by atoms with Crippen molar-refractivity contribution in [2.75, 3.05) is 65.9 Å². The van der Waals surface area contributed by atoms with Crippen LogP contribution in [0, 0.1) is 17.8 Å². The molecule has 0 heterocycles. The van der Waals surface area contributed by atoms with E-state index in [0.29, 0.717) is 51.7 Å². The van der Waals surface area contributed by atoms with Gasteiger partial charge < -0.3 is 57.8 Å². The largest absolute Gasteiger partial charge is 0.396 e. The molecule has 352 valence electrons. The van der Waals surface area contributed by atoms with Crippen LogP contribution in [0.2, 0.25) is 0 Å². The second-order valence-electron chi connectivity index (χ2n) is 16.0. The molecule has 0 aliphatic heterocycles. The Morgan fingerprint density at radius 3 is 1.95 bits per heavy atom.